The molecule has 0 aliphatic heterocycles. The highest BCUT2D eigenvalue weighted by atomic mass is 79.9. The predicted molar refractivity (Wildman–Crippen MR) is 52.4 cm³/mol. The molecule has 0 aromatic carbocycles. The van der Waals surface area contributed by atoms with Gasteiger partial charge in [-0.3, -0.25) is 0 Å². The van der Waals surface area contributed by atoms with Gasteiger partial charge in [0.15, 0.2) is 0 Å². The van der Waals surface area contributed by atoms with E-state index in [0.29, 0.717) is 5.75 Å². The normalized spacial score (nSPS) is 10.4. The molecule has 0 bridgehead atoms. The second-order valence-corrected chi connectivity index (χ2v) is 3.59. The molecule has 0 aromatic rings. The first-order valence-corrected chi connectivity index (χ1v) is 4.43. The van der Waals surface area contributed by atoms with Crippen LogP contribution >= 0.6 is 15.9 Å². The van der Waals surface area contributed by atoms with E-state index in [1.807, 2.05) is 24.3 Å². The van der Waals surface area contributed by atoms with Gasteiger partial charge in [0.25, 0.3) is 0 Å². The van der Waals surface area contributed by atoms with E-state index in [0.717, 1.165) is 15.6 Å². The highest BCUT2D eigenvalue weighted by Gasteiger charge is 2.02. The molecule has 2 rings (SSSR count). The van der Waals surface area contributed by atoms with Gasteiger partial charge in [-0.1, -0.05) is 28.1 Å². The number of fused-ring (bicyclic) bond motifs is 1. The minimum absolute atomic E-state index is 0.326. The van der Waals surface area contributed by atoms with E-state index in [-0.39, 0.29) is 0 Å². The Morgan fingerprint density at radius 2 is 1.42 bits per heavy atom. The molecule has 0 spiro atoms. The van der Waals surface area contributed by atoms with Gasteiger partial charge in [-0.05, 0) is 35.4 Å². The van der Waals surface area contributed by atoms with Crippen molar-refractivity contribution >= 4 is 15.9 Å². The predicted octanol–water partition coefficient (Wildman–Crippen LogP) is 3.26. The lowest BCUT2D eigenvalue weighted by atomic mass is 10.2. The molecular formula is C10H7BrO. The van der Waals surface area contributed by atoms with Crippen molar-refractivity contribution < 1.29 is 5.11 Å². The molecule has 2 aliphatic carbocycles. The maximum atomic E-state index is 9.20. The Balaban J connectivity index is 2.70. The SMILES string of the molecule is Oc1cc2ccc(Br)ccc-2c1. The Morgan fingerprint density at radius 3 is 1.92 bits per heavy atom. The first-order valence-electron chi connectivity index (χ1n) is 3.64. The highest BCUT2D eigenvalue weighted by Crippen LogP contribution is 2.29. The lowest BCUT2D eigenvalue weighted by molar-refractivity contribution is 0.477. The van der Waals surface area contributed by atoms with E-state index < -0.39 is 0 Å². The average molecular weight is 223 g/mol. The molecule has 0 atom stereocenters. The largest absolute Gasteiger partial charge is 0.508 e. The summed E-state index contributed by atoms with van der Waals surface area (Å²) in [4.78, 5) is 0. The summed E-state index contributed by atoms with van der Waals surface area (Å²) in [6.45, 7) is 0. The Labute approximate surface area is 79.1 Å². The van der Waals surface area contributed by atoms with Crippen molar-refractivity contribution in [2.24, 2.45) is 0 Å². The van der Waals surface area contributed by atoms with Crippen LogP contribution in [0.5, 0.6) is 5.75 Å². The zero-order valence-electron chi connectivity index (χ0n) is 6.29. The summed E-state index contributed by atoms with van der Waals surface area (Å²) in [7, 11) is 0. The lowest BCUT2D eigenvalue weighted by Crippen LogP contribution is -1.59. The minimum Gasteiger partial charge on any atom is -0.508 e. The second kappa shape index (κ2) is 2.79. The average Bonchev–Trinajstić information content (AvgIpc) is 2.31. The van der Waals surface area contributed by atoms with Crippen molar-refractivity contribution in [3.05, 3.63) is 40.9 Å². The van der Waals surface area contributed by atoms with Gasteiger partial charge < -0.3 is 5.11 Å². The van der Waals surface area contributed by atoms with Crippen molar-refractivity contribution in [2.45, 2.75) is 0 Å². The third kappa shape index (κ3) is 1.30. The van der Waals surface area contributed by atoms with Gasteiger partial charge in [-0.25, -0.2) is 0 Å². The quantitative estimate of drug-likeness (QED) is 0.726. The van der Waals surface area contributed by atoms with Gasteiger partial charge in [0.1, 0.15) is 5.75 Å². The van der Waals surface area contributed by atoms with E-state index in [4.69, 9.17) is 0 Å². The lowest BCUT2D eigenvalue weighted by Gasteiger charge is -1.85. The van der Waals surface area contributed by atoms with Gasteiger partial charge in [0.05, 0.1) is 0 Å². The van der Waals surface area contributed by atoms with E-state index in [2.05, 4.69) is 15.9 Å². The van der Waals surface area contributed by atoms with Gasteiger partial charge in [-0.2, -0.15) is 0 Å². The number of hydrogen-bond acceptors (Lipinski definition) is 1. The van der Waals surface area contributed by atoms with Crippen LogP contribution in [-0.2, 0) is 0 Å². The summed E-state index contributed by atoms with van der Waals surface area (Å²) < 4.78 is 1.04. The fourth-order valence-corrected chi connectivity index (χ4v) is 1.47. The molecule has 0 radical (unpaired) electrons. The van der Waals surface area contributed by atoms with Crippen molar-refractivity contribution in [3.8, 4) is 16.9 Å². The summed E-state index contributed by atoms with van der Waals surface area (Å²) in [5.41, 5.74) is 2.11. The molecule has 0 unspecified atom stereocenters. The first-order chi connectivity index (χ1) is 5.75. The maximum absolute atomic E-state index is 9.20. The van der Waals surface area contributed by atoms with Crippen LogP contribution in [0.2, 0.25) is 0 Å². The van der Waals surface area contributed by atoms with Crippen LogP contribution in [0.15, 0.2) is 40.9 Å². The molecule has 0 saturated heterocycles. The van der Waals surface area contributed by atoms with Gasteiger partial charge in [-0.15, -0.1) is 0 Å². The van der Waals surface area contributed by atoms with E-state index >= 15 is 0 Å². The molecule has 1 nitrogen and oxygen atoms in total. The third-order valence-electron chi connectivity index (χ3n) is 1.78. The van der Waals surface area contributed by atoms with Crippen LogP contribution in [0.25, 0.3) is 11.1 Å². The molecule has 0 amide bonds. The Kier molecular flexibility index (Phi) is 1.77. The Morgan fingerprint density at radius 1 is 0.917 bits per heavy atom. The smallest absolute Gasteiger partial charge is 0.116 e. The molecular weight excluding hydrogens is 216 g/mol. The fourth-order valence-electron chi connectivity index (χ4n) is 1.21. The Bertz CT molecular complexity index is 350. The number of hydrogen-bond donors (Lipinski definition) is 1. The molecule has 60 valence electrons. The number of aromatic hydroxyl groups is 1. The molecule has 0 heterocycles. The topological polar surface area (TPSA) is 20.2 Å². The standard InChI is InChI=1S/C10H7BrO/c11-9-3-1-7-5-10(12)6-8(7)2-4-9/h1-6,12H. The minimum atomic E-state index is 0.326. The van der Waals surface area contributed by atoms with E-state index in [9.17, 15) is 5.11 Å². The summed E-state index contributed by atoms with van der Waals surface area (Å²) >= 11 is 3.38. The summed E-state index contributed by atoms with van der Waals surface area (Å²) in [6.07, 6.45) is 0. The van der Waals surface area contributed by atoms with Crippen molar-refractivity contribution in [3.63, 3.8) is 0 Å². The fraction of sp³-hybridized carbons (Fsp3) is 0. The molecule has 0 saturated carbocycles. The first kappa shape index (κ1) is 7.62. The second-order valence-electron chi connectivity index (χ2n) is 2.68. The summed E-state index contributed by atoms with van der Waals surface area (Å²) in [5, 5.41) is 9.20. The molecule has 0 aromatic heterocycles. The zero-order chi connectivity index (χ0) is 8.55. The number of halogens is 1. The van der Waals surface area contributed by atoms with Crippen molar-refractivity contribution in [1.29, 1.82) is 0 Å². The van der Waals surface area contributed by atoms with Crippen LogP contribution < -0.4 is 0 Å². The van der Waals surface area contributed by atoms with Crippen LogP contribution in [-0.4, -0.2) is 5.11 Å². The van der Waals surface area contributed by atoms with E-state index in [1.165, 1.54) is 0 Å². The van der Waals surface area contributed by atoms with Crippen LogP contribution in [0.3, 0.4) is 0 Å². The van der Waals surface area contributed by atoms with Crippen molar-refractivity contribution in [2.75, 3.05) is 0 Å². The molecule has 1 N–H and O–H groups in total. The third-order valence-corrected chi connectivity index (χ3v) is 2.31. The monoisotopic (exact) mass is 222 g/mol. The highest BCUT2D eigenvalue weighted by molar-refractivity contribution is 9.10. The van der Waals surface area contributed by atoms with Crippen LogP contribution in [0, 0.1) is 0 Å². The molecule has 12 heavy (non-hydrogen) atoms. The summed E-state index contributed by atoms with van der Waals surface area (Å²) in [5.74, 6) is 0.326. The van der Waals surface area contributed by atoms with Gasteiger partial charge >= 0.3 is 0 Å². The van der Waals surface area contributed by atoms with E-state index in [1.54, 1.807) is 12.1 Å². The number of rotatable bonds is 0. The zero-order valence-corrected chi connectivity index (χ0v) is 7.88. The Hall–Kier alpha value is -1.02. The van der Waals surface area contributed by atoms with Crippen LogP contribution in [0.4, 0.5) is 0 Å². The van der Waals surface area contributed by atoms with Crippen molar-refractivity contribution in [1.82, 2.24) is 0 Å². The van der Waals surface area contributed by atoms with Gasteiger partial charge in [0.2, 0.25) is 0 Å². The molecule has 0 fully saturated rings. The molecule has 2 aliphatic rings. The van der Waals surface area contributed by atoms with Gasteiger partial charge in [0, 0.05) is 4.47 Å². The summed E-state index contributed by atoms with van der Waals surface area (Å²) in [6, 6.07) is 11.4. The maximum Gasteiger partial charge on any atom is 0.116 e. The molecule has 2 heteroatoms. The van der Waals surface area contributed by atoms with Crippen LogP contribution in [0.1, 0.15) is 0 Å².